The molecule has 0 atom stereocenters. The van der Waals surface area contributed by atoms with Crippen molar-refractivity contribution in [1.29, 1.82) is 5.26 Å². The molecule has 0 saturated heterocycles. The number of Topliss-reactive ketones (excluding diaryl/α,β-unsaturated/α-hetero) is 1. The van der Waals surface area contributed by atoms with Crippen molar-refractivity contribution in [2.45, 2.75) is 46.6 Å². The number of rotatable bonds is 4. The molecule has 0 aliphatic heterocycles. The van der Waals surface area contributed by atoms with E-state index in [0.717, 1.165) is 0 Å². The Balaban J connectivity index is 2.85. The molecule has 0 spiro atoms. The number of aryl methyl sites for hydroxylation is 2. The van der Waals surface area contributed by atoms with Crippen LogP contribution in [-0.2, 0) is 9.53 Å². The predicted octanol–water partition coefficient (Wildman–Crippen LogP) is 3.45. The number of carbonyl (C=O) groups excluding carboxylic acids is 2. The number of hydrogen-bond acceptors (Lipinski definition) is 5. The van der Waals surface area contributed by atoms with E-state index in [4.69, 9.17) is 14.7 Å². The van der Waals surface area contributed by atoms with Gasteiger partial charge in [-0.15, -0.1) is 0 Å². The van der Waals surface area contributed by atoms with Gasteiger partial charge in [0.05, 0.1) is 11.6 Å². The molecule has 0 bridgehead atoms. The van der Waals surface area contributed by atoms with Gasteiger partial charge in [-0.1, -0.05) is 0 Å². The lowest BCUT2D eigenvalue weighted by Crippen LogP contribution is -2.31. The molecule has 0 radical (unpaired) electrons. The Morgan fingerprint density at radius 3 is 2.19 bits per heavy atom. The Labute approximate surface area is 124 Å². The minimum Gasteiger partial charge on any atom is -0.427 e. The van der Waals surface area contributed by atoms with Crippen molar-refractivity contribution in [3.05, 3.63) is 28.8 Å². The average molecular weight is 289 g/mol. The third-order valence-electron chi connectivity index (χ3n) is 2.81. The maximum absolute atomic E-state index is 11.8. The van der Waals surface area contributed by atoms with E-state index in [2.05, 4.69) is 0 Å². The Kier molecular flexibility index (Phi) is 5.09. The SMILES string of the molecule is CC(=O)CC(C)(C)OC(=O)Oc1c(C)cc(C#N)cc1C. The molecule has 0 heterocycles. The minimum absolute atomic E-state index is 0.0708. The zero-order valence-electron chi connectivity index (χ0n) is 12.9. The summed E-state index contributed by atoms with van der Waals surface area (Å²) in [4.78, 5) is 23.0. The summed E-state index contributed by atoms with van der Waals surface area (Å²) in [6, 6.07) is 5.31. The zero-order valence-corrected chi connectivity index (χ0v) is 12.9. The molecule has 0 aliphatic rings. The van der Waals surface area contributed by atoms with Crippen LogP contribution in [0.1, 0.15) is 43.9 Å². The summed E-state index contributed by atoms with van der Waals surface area (Å²) in [5.41, 5.74) is 0.931. The lowest BCUT2D eigenvalue weighted by Gasteiger charge is -2.23. The molecule has 0 aromatic heterocycles. The van der Waals surface area contributed by atoms with Gasteiger partial charge < -0.3 is 9.47 Å². The summed E-state index contributed by atoms with van der Waals surface area (Å²) in [6.07, 6.45) is -0.745. The summed E-state index contributed by atoms with van der Waals surface area (Å²) in [7, 11) is 0. The van der Waals surface area contributed by atoms with E-state index in [-0.39, 0.29) is 12.2 Å². The first kappa shape index (κ1) is 16.7. The number of nitriles is 1. The highest BCUT2D eigenvalue weighted by Crippen LogP contribution is 2.26. The molecule has 0 N–H and O–H groups in total. The molecule has 1 aromatic rings. The quantitative estimate of drug-likeness (QED) is 0.626. The first-order valence-corrected chi connectivity index (χ1v) is 6.56. The number of nitrogens with zero attached hydrogens (tertiary/aromatic N) is 1. The highest BCUT2D eigenvalue weighted by molar-refractivity contribution is 5.77. The van der Waals surface area contributed by atoms with Crippen molar-refractivity contribution in [2.75, 3.05) is 0 Å². The van der Waals surface area contributed by atoms with Crippen molar-refractivity contribution in [1.82, 2.24) is 0 Å². The van der Waals surface area contributed by atoms with Gasteiger partial charge in [0.15, 0.2) is 0 Å². The molecule has 1 rings (SSSR count). The number of ether oxygens (including phenoxy) is 2. The van der Waals surface area contributed by atoms with E-state index < -0.39 is 11.8 Å². The van der Waals surface area contributed by atoms with Crippen LogP contribution in [0.15, 0.2) is 12.1 Å². The van der Waals surface area contributed by atoms with Gasteiger partial charge in [-0.25, -0.2) is 4.79 Å². The van der Waals surface area contributed by atoms with Crippen LogP contribution in [0.25, 0.3) is 0 Å². The Morgan fingerprint density at radius 2 is 1.76 bits per heavy atom. The molecule has 0 saturated carbocycles. The first-order chi connectivity index (χ1) is 9.64. The van der Waals surface area contributed by atoms with Crippen LogP contribution in [-0.4, -0.2) is 17.5 Å². The maximum Gasteiger partial charge on any atom is 0.514 e. The molecule has 0 unspecified atom stereocenters. The highest BCUT2D eigenvalue weighted by Gasteiger charge is 2.26. The van der Waals surface area contributed by atoms with E-state index in [0.29, 0.717) is 22.4 Å². The maximum atomic E-state index is 11.8. The fourth-order valence-corrected chi connectivity index (χ4v) is 2.14. The van der Waals surface area contributed by atoms with Gasteiger partial charge in [-0.3, -0.25) is 4.79 Å². The number of ketones is 1. The van der Waals surface area contributed by atoms with E-state index in [1.54, 1.807) is 39.8 Å². The van der Waals surface area contributed by atoms with Gasteiger partial charge in [0, 0.05) is 6.42 Å². The molecular weight excluding hydrogens is 270 g/mol. The molecule has 0 fully saturated rings. The molecule has 5 nitrogen and oxygen atoms in total. The van der Waals surface area contributed by atoms with Crippen LogP contribution in [0, 0.1) is 25.2 Å². The second-order valence-electron chi connectivity index (χ2n) is 5.64. The number of carbonyl (C=O) groups is 2. The fourth-order valence-electron chi connectivity index (χ4n) is 2.14. The summed E-state index contributed by atoms with van der Waals surface area (Å²) in [5.74, 6) is 0.302. The Bertz CT molecular complexity index is 588. The van der Waals surface area contributed by atoms with Gasteiger partial charge in [0.2, 0.25) is 0 Å². The molecule has 112 valence electrons. The second kappa shape index (κ2) is 6.40. The smallest absolute Gasteiger partial charge is 0.427 e. The topological polar surface area (TPSA) is 76.4 Å². The minimum atomic E-state index is -0.919. The van der Waals surface area contributed by atoms with Crippen LogP contribution in [0.4, 0.5) is 4.79 Å². The van der Waals surface area contributed by atoms with Crippen LogP contribution in [0.3, 0.4) is 0 Å². The third kappa shape index (κ3) is 4.92. The Morgan fingerprint density at radius 1 is 1.24 bits per heavy atom. The summed E-state index contributed by atoms with van der Waals surface area (Å²) < 4.78 is 10.4. The second-order valence-corrected chi connectivity index (χ2v) is 5.64. The van der Waals surface area contributed by atoms with Gasteiger partial charge in [-0.2, -0.15) is 5.26 Å². The summed E-state index contributed by atoms with van der Waals surface area (Å²) in [6.45, 7) is 8.22. The molecule has 5 heteroatoms. The largest absolute Gasteiger partial charge is 0.514 e. The lowest BCUT2D eigenvalue weighted by atomic mass is 10.0. The van der Waals surface area contributed by atoms with Gasteiger partial charge >= 0.3 is 6.16 Å². The number of benzene rings is 1. The van der Waals surface area contributed by atoms with Crippen LogP contribution in [0.5, 0.6) is 5.75 Å². The van der Waals surface area contributed by atoms with Crippen LogP contribution >= 0.6 is 0 Å². The monoisotopic (exact) mass is 289 g/mol. The zero-order chi connectivity index (χ0) is 16.2. The van der Waals surface area contributed by atoms with Crippen LogP contribution in [0.2, 0.25) is 0 Å². The van der Waals surface area contributed by atoms with Crippen molar-refractivity contribution in [3.8, 4) is 11.8 Å². The standard InChI is InChI=1S/C16H19NO4/c1-10-6-13(9-17)7-11(2)14(10)20-15(19)21-16(4,5)8-12(3)18/h6-7H,8H2,1-5H3. The van der Waals surface area contributed by atoms with Crippen molar-refractivity contribution < 1.29 is 19.1 Å². The first-order valence-electron chi connectivity index (χ1n) is 6.56. The van der Waals surface area contributed by atoms with Gasteiger partial charge in [0.1, 0.15) is 17.1 Å². The third-order valence-corrected chi connectivity index (χ3v) is 2.81. The number of hydrogen-bond donors (Lipinski definition) is 0. The molecule has 0 aliphatic carbocycles. The molecule has 1 aromatic carbocycles. The van der Waals surface area contributed by atoms with E-state index in [1.165, 1.54) is 6.92 Å². The Hall–Kier alpha value is -2.35. The van der Waals surface area contributed by atoms with Crippen molar-refractivity contribution in [2.24, 2.45) is 0 Å². The molecule has 0 amide bonds. The molecule has 21 heavy (non-hydrogen) atoms. The summed E-state index contributed by atoms with van der Waals surface area (Å²) >= 11 is 0. The lowest BCUT2D eigenvalue weighted by molar-refractivity contribution is -0.121. The summed E-state index contributed by atoms with van der Waals surface area (Å²) in [5, 5.41) is 8.88. The molecular formula is C16H19NO4. The van der Waals surface area contributed by atoms with Crippen LogP contribution < -0.4 is 4.74 Å². The fraction of sp³-hybridized carbons (Fsp3) is 0.438. The average Bonchev–Trinajstić information content (AvgIpc) is 2.30. The van der Waals surface area contributed by atoms with Gasteiger partial charge in [-0.05, 0) is 57.9 Å². The van der Waals surface area contributed by atoms with Gasteiger partial charge in [0.25, 0.3) is 0 Å². The van der Waals surface area contributed by atoms with Crippen molar-refractivity contribution in [3.63, 3.8) is 0 Å². The van der Waals surface area contributed by atoms with Crippen molar-refractivity contribution >= 4 is 11.9 Å². The van der Waals surface area contributed by atoms with E-state index >= 15 is 0 Å². The predicted molar refractivity (Wildman–Crippen MR) is 77.1 cm³/mol. The van der Waals surface area contributed by atoms with E-state index in [9.17, 15) is 9.59 Å². The normalized spacial score (nSPS) is 10.7. The highest BCUT2D eigenvalue weighted by atomic mass is 16.7. The van der Waals surface area contributed by atoms with E-state index in [1.807, 2.05) is 6.07 Å².